The van der Waals surface area contributed by atoms with Gasteiger partial charge in [0, 0.05) is 18.2 Å². The molecule has 0 heterocycles. The van der Waals surface area contributed by atoms with E-state index < -0.39 is 0 Å². The van der Waals surface area contributed by atoms with Crippen molar-refractivity contribution in [2.24, 2.45) is 5.92 Å². The van der Waals surface area contributed by atoms with Crippen LogP contribution in [0.15, 0.2) is 24.3 Å². The molecule has 0 aliphatic heterocycles. The monoisotopic (exact) mass is 247 g/mol. The Balaban J connectivity index is 1.74. The minimum Gasteiger partial charge on any atom is -0.508 e. The van der Waals surface area contributed by atoms with Gasteiger partial charge in [0.15, 0.2) is 0 Å². The first-order valence-corrected chi connectivity index (χ1v) is 6.83. The quantitative estimate of drug-likeness (QED) is 0.852. The van der Waals surface area contributed by atoms with Gasteiger partial charge in [0.25, 0.3) is 0 Å². The van der Waals surface area contributed by atoms with Gasteiger partial charge in [0.1, 0.15) is 5.75 Å². The Kier molecular flexibility index (Phi) is 4.62. The molecule has 0 radical (unpaired) electrons. The Bertz CT molecular complexity index is 397. The summed E-state index contributed by atoms with van der Waals surface area (Å²) in [6.45, 7) is 0. The Morgan fingerprint density at radius 1 is 1.28 bits per heavy atom. The Labute approximate surface area is 108 Å². The van der Waals surface area contributed by atoms with Gasteiger partial charge in [-0.15, -0.1) is 0 Å². The third-order valence-corrected chi connectivity index (χ3v) is 3.63. The molecule has 1 saturated carbocycles. The van der Waals surface area contributed by atoms with Crippen molar-refractivity contribution in [1.29, 1.82) is 0 Å². The number of nitrogens with one attached hydrogen (secondary N) is 1. The maximum Gasteiger partial charge on any atom is 0.224 e. The first kappa shape index (κ1) is 12.9. The first-order chi connectivity index (χ1) is 8.74. The van der Waals surface area contributed by atoms with Crippen molar-refractivity contribution in [3.63, 3.8) is 0 Å². The summed E-state index contributed by atoms with van der Waals surface area (Å²) >= 11 is 0. The summed E-state index contributed by atoms with van der Waals surface area (Å²) in [7, 11) is 0. The second kappa shape index (κ2) is 6.43. The predicted molar refractivity (Wildman–Crippen MR) is 72.5 cm³/mol. The summed E-state index contributed by atoms with van der Waals surface area (Å²) in [5.74, 6) is 0.958. The molecule has 2 N–H and O–H groups in total. The van der Waals surface area contributed by atoms with E-state index in [0.717, 1.165) is 12.3 Å². The molecule has 0 saturated heterocycles. The molecule has 1 aromatic carbocycles. The van der Waals surface area contributed by atoms with E-state index in [0.29, 0.717) is 12.1 Å². The van der Waals surface area contributed by atoms with Gasteiger partial charge in [-0.25, -0.2) is 0 Å². The summed E-state index contributed by atoms with van der Waals surface area (Å²) in [5, 5.41) is 12.1. The summed E-state index contributed by atoms with van der Waals surface area (Å²) in [6.07, 6.45) is 8.12. The van der Waals surface area contributed by atoms with Gasteiger partial charge >= 0.3 is 0 Å². The number of phenols is 1. The highest BCUT2D eigenvalue weighted by Gasteiger charge is 2.14. The number of amides is 1. The second-order valence-electron chi connectivity index (χ2n) is 5.14. The highest BCUT2D eigenvalue weighted by molar-refractivity contribution is 5.90. The molecule has 3 nitrogen and oxygen atoms in total. The predicted octanol–water partition coefficient (Wildman–Crippen LogP) is 3.69. The zero-order valence-electron chi connectivity index (χ0n) is 10.7. The maximum atomic E-state index is 11.8. The van der Waals surface area contributed by atoms with Crippen LogP contribution in [0.5, 0.6) is 5.75 Å². The van der Waals surface area contributed by atoms with Crippen LogP contribution < -0.4 is 5.32 Å². The minimum atomic E-state index is 0.0474. The lowest BCUT2D eigenvalue weighted by Gasteiger charge is -2.20. The zero-order valence-corrected chi connectivity index (χ0v) is 10.7. The molecule has 1 aliphatic rings. The van der Waals surface area contributed by atoms with Crippen molar-refractivity contribution in [3.8, 4) is 5.75 Å². The molecule has 18 heavy (non-hydrogen) atoms. The number of hydrogen-bond acceptors (Lipinski definition) is 2. The largest absolute Gasteiger partial charge is 0.508 e. The Morgan fingerprint density at radius 2 is 2.06 bits per heavy atom. The molecule has 0 bridgehead atoms. The highest BCUT2D eigenvalue weighted by Crippen LogP contribution is 2.27. The topological polar surface area (TPSA) is 49.3 Å². The Hall–Kier alpha value is -1.51. The standard InChI is InChI=1S/C15H21NO2/c17-14-8-4-7-13(11-14)16-15(18)10-9-12-5-2-1-3-6-12/h4,7-8,11-12,17H,1-3,5-6,9-10H2,(H,16,18). The average molecular weight is 247 g/mol. The number of carbonyl (C=O) groups is 1. The molecular formula is C15H21NO2. The molecule has 98 valence electrons. The van der Waals surface area contributed by atoms with Gasteiger partial charge in [-0.3, -0.25) is 4.79 Å². The lowest BCUT2D eigenvalue weighted by molar-refractivity contribution is -0.116. The van der Waals surface area contributed by atoms with E-state index in [1.165, 1.54) is 32.1 Å². The van der Waals surface area contributed by atoms with E-state index >= 15 is 0 Å². The fourth-order valence-corrected chi connectivity index (χ4v) is 2.62. The van der Waals surface area contributed by atoms with Crippen LogP contribution in [0.4, 0.5) is 5.69 Å². The molecule has 0 unspecified atom stereocenters. The van der Waals surface area contributed by atoms with Crippen LogP contribution in [-0.2, 0) is 4.79 Å². The summed E-state index contributed by atoms with van der Waals surface area (Å²) in [6, 6.07) is 6.68. The number of carbonyl (C=O) groups excluding carboxylic acids is 1. The van der Waals surface area contributed by atoms with E-state index in [1.807, 2.05) is 0 Å². The van der Waals surface area contributed by atoms with Gasteiger partial charge in [-0.1, -0.05) is 38.2 Å². The van der Waals surface area contributed by atoms with Gasteiger partial charge in [0.2, 0.25) is 5.91 Å². The van der Waals surface area contributed by atoms with E-state index in [2.05, 4.69) is 5.32 Å². The smallest absolute Gasteiger partial charge is 0.224 e. The van der Waals surface area contributed by atoms with Crippen molar-refractivity contribution < 1.29 is 9.90 Å². The number of hydrogen-bond donors (Lipinski definition) is 2. The maximum absolute atomic E-state index is 11.8. The number of anilines is 1. The minimum absolute atomic E-state index is 0.0474. The number of aromatic hydroxyl groups is 1. The van der Waals surface area contributed by atoms with Crippen molar-refractivity contribution >= 4 is 11.6 Å². The average Bonchev–Trinajstić information content (AvgIpc) is 2.38. The van der Waals surface area contributed by atoms with Crippen LogP contribution in [0.25, 0.3) is 0 Å². The van der Waals surface area contributed by atoms with E-state index in [1.54, 1.807) is 24.3 Å². The number of rotatable bonds is 4. The number of phenolic OH excluding ortho intramolecular Hbond substituents is 1. The fraction of sp³-hybridized carbons (Fsp3) is 0.533. The van der Waals surface area contributed by atoms with Gasteiger partial charge in [-0.05, 0) is 24.5 Å². The first-order valence-electron chi connectivity index (χ1n) is 6.83. The molecule has 3 heteroatoms. The zero-order chi connectivity index (χ0) is 12.8. The molecular weight excluding hydrogens is 226 g/mol. The van der Waals surface area contributed by atoms with Crippen molar-refractivity contribution in [2.45, 2.75) is 44.9 Å². The second-order valence-corrected chi connectivity index (χ2v) is 5.14. The normalized spacial score (nSPS) is 16.4. The van der Waals surface area contributed by atoms with Crippen molar-refractivity contribution in [3.05, 3.63) is 24.3 Å². The molecule has 0 aromatic heterocycles. The van der Waals surface area contributed by atoms with E-state index in [-0.39, 0.29) is 11.7 Å². The van der Waals surface area contributed by atoms with E-state index in [4.69, 9.17) is 0 Å². The molecule has 2 rings (SSSR count). The third kappa shape index (κ3) is 4.06. The lowest BCUT2D eigenvalue weighted by Crippen LogP contribution is -2.14. The Morgan fingerprint density at radius 3 is 2.78 bits per heavy atom. The van der Waals surface area contributed by atoms with Crippen LogP contribution in [0.3, 0.4) is 0 Å². The summed E-state index contributed by atoms with van der Waals surface area (Å²) in [5.41, 5.74) is 0.670. The molecule has 1 amide bonds. The van der Waals surface area contributed by atoms with Gasteiger partial charge < -0.3 is 10.4 Å². The van der Waals surface area contributed by atoms with Crippen LogP contribution in [0.1, 0.15) is 44.9 Å². The third-order valence-electron chi connectivity index (χ3n) is 3.63. The SMILES string of the molecule is O=C(CCC1CCCCC1)Nc1cccc(O)c1. The molecule has 1 fully saturated rings. The van der Waals surface area contributed by atoms with Crippen LogP contribution in [0.2, 0.25) is 0 Å². The lowest BCUT2D eigenvalue weighted by atomic mass is 9.86. The summed E-state index contributed by atoms with van der Waals surface area (Å²) < 4.78 is 0. The summed E-state index contributed by atoms with van der Waals surface area (Å²) in [4.78, 5) is 11.8. The number of benzene rings is 1. The molecule has 0 atom stereocenters. The molecule has 0 spiro atoms. The van der Waals surface area contributed by atoms with E-state index in [9.17, 15) is 9.90 Å². The highest BCUT2D eigenvalue weighted by atomic mass is 16.3. The fourth-order valence-electron chi connectivity index (χ4n) is 2.62. The van der Waals surface area contributed by atoms with Gasteiger partial charge in [0.05, 0.1) is 0 Å². The van der Waals surface area contributed by atoms with Crippen LogP contribution >= 0.6 is 0 Å². The molecule has 1 aromatic rings. The van der Waals surface area contributed by atoms with Crippen molar-refractivity contribution in [1.82, 2.24) is 0 Å². The van der Waals surface area contributed by atoms with Crippen LogP contribution in [0, 0.1) is 5.92 Å². The van der Waals surface area contributed by atoms with Crippen LogP contribution in [-0.4, -0.2) is 11.0 Å². The molecule has 1 aliphatic carbocycles. The van der Waals surface area contributed by atoms with Gasteiger partial charge in [-0.2, -0.15) is 0 Å². The van der Waals surface area contributed by atoms with Crippen molar-refractivity contribution in [2.75, 3.05) is 5.32 Å².